The summed E-state index contributed by atoms with van der Waals surface area (Å²) in [5, 5.41) is 4.06. The molecule has 0 aliphatic carbocycles. The van der Waals surface area contributed by atoms with Gasteiger partial charge in [0.2, 0.25) is 10.0 Å². The van der Waals surface area contributed by atoms with Gasteiger partial charge in [-0.1, -0.05) is 42.0 Å². The Morgan fingerprint density at radius 1 is 1.00 bits per heavy atom. The lowest BCUT2D eigenvalue weighted by molar-refractivity contribution is 0.581. The van der Waals surface area contributed by atoms with Crippen LogP contribution in [-0.2, 0) is 23.1 Å². The van der Waals surface area contributed by atoms with Gasteiger partial charge in [0.1, 0.15) is 12.7 Å². The van der Waals surface area contributed by atoms with Crippen LogP contribution in [0, 0.1) is 6.92 Å². The molecule has 0 bridgehead atoms. The molecule has 3 rings (SSSR count). The summed E-state index contributed by atoms with van der Waals surface area (Å²) in [6.07, 6.45) is 3.15. The first kappa shape index (κ1) is 16.4. The molecule has 0 radical (unpaired) electrons. The molecule has 6 nitrogen and oxygen atoms in total. The van der Waals surface area contributed by atoms with Crippen LogP contribution < -0.4 is 4.72 Å². The maximum Gasteiger partial charge on any atom is 0.240 e. The molecule has 124 valence electrons. The van der Waals surface area contributed by atoms with E-state index in [0.717, 1.165) is 16.7 Å². The Balaban J connectivity index is 1.62. The summed E-state index contributed by atoms with van der Waals surface area (Å²) in [5.74, 6) is 0. The molecule has 2 aromatic carbocycles. The molecule has 0 saturated heterocycles. The highest BCUT2D eigenvalue weighted by Crippen LogP contribution is 2.11. The molecule has 1 heterocycles. The fraction of sp³-hybridized carbons (Fsp3) is 0.176. The van der Waals surface area contributed by atoms with Crippen LogP contribution in [0.2, 0.25) is 0 Å². The van der Waals surface area contributed by atoms with Gasteiger partial charge in [-0.25, -0.2) is 22.8 Å². The van der Waals surface area contributed by atoms with Gasteiger partial charge >= 0.3 is 0 Å². The molecule has 0 atom stereocenters. The second-order valence-electron chi connectivity index (χ2n) is 5.55. The van der Waals surface area contributed by atoms with E-state index in [-0.39, 0.29) is 11.4 Å². The lowest BCUT2D eigenvalue weighted by Gasteiger charge is -2.08. The van der Waals surface area contributed by atoms with Crippen molar-refractivity contribution in [3.05, 3.63) is 77.9 Å². The third kappa shape index (κ3) is 4.06. The molecule has 0 saturated carbocycles. The van der Waals surface area contributed by atoms with Crippen LogP contribution in [0.15, 0.2) is 66.1 Å². The second-order valence-corrected chi connectivity index (χ2v) is 7.31. The second kappa shape index (κ2) is 6.94. The zero-order chi connectivity index (χ0) is 17.0. The van der Waals surface area contributed by atoms with E-state index in [1.54, 1.807) is 35.3 Å². The topological polar surface area (TPSA) is 76.9 Å². The fourth-order valence-corrected chi connectivity index (χ4v) is 3.26. The number of aryl methyl sites for hydroxylation is 1. The molecule has 0 aliphatic heterocycles. The van der Waals surface area contributed by atoms with Crippen molar-refractivity contribution in [1.29, 1.82) is 0 Å². The Hall–Kier alpha value is -2.51. The number of hydrogen-bond donors (Lipinski definition) is 1. The zero-order valence-electron chi connectivity index (χ0n) is 13.3. The molecule has 1 N–H and O–H groups in total. The standard InChI is InChI=1S/C17H18N4O2S/c1-14-2-8-17(9-3-14)24(22,23)20-10-15-4-6-16(7-5-15)11-21-13-18-12-19-21/h2-9,12-13,20H,10-11H2,1H3. The van der Waals surface area contributed by atoms with E-state index in [4.69, 9.17) is 0 Å². The van der Waals surface area contributed by atoms with E-state index in [9.17, 15) is 8.42 Å². The average Bonchev–Trinajstić information content (AvgIpc) is 3.08. The highest BCUT2D eigenvalue weighted by Gasteiger charge is 2.13. The Morgan fingerprint density at radius 3 is 2.29 bits per heavy atom. The van der Waals surface area contributed by atoms with Crippen LogP contribution >= 0.6 is 0 Å². The molecular weight excluding hydrogens is 324 g/mol. The molecule has 0 aliphatic rings. The van der Waals surface area contributed by atoms with Crippen molar-refractivity contribution in [1.82, 2.24) is 19.5 Å². The van der Waals surface area contributed by atoms with Crippen LogP contribution in [0.5, 0.6) is 0 Å². The molecule has 3 aromatic rings. The van der Waals surface area contributed by atoms with E-state index >= 15 is 0 Å². The van der Waals surface area contributed by atoms with Crippen LogP contribution in [0.3, 0.4) is 0 Å². The van der Waals surface area contributed by atoms with Crippen LogP contribution in [-0.4, -0.2) is 23.2 Å². The average molecular weight is 342 g/mol. The number of benzene rings is 2. The third-order valence-corrected chi connectivity index (χ3v) is 5.05. The van der Waals surface area contributed by atoms with E-state index in [1.165, 1.54) is 6.33 Å². The van der Waals surface area contributed by atoms with Crippen LogP contribution in [0.1, 0.15) is 16.7 Å². The van der Waals surface area contributed by atoms with Crippen LogP contribution in [0.4, 0.5) is 0 Å². The smallest absolute Gasteiger partial charge is 0.240 e. The van der Waals surface area contributed by atoms with Crippen molar-refractivity contribution in [2.24, 2.45) is 0 Å². The molecule has 1 aromatic heterocycles. The summed E-state index contributed by atoms with van der Waals surface area (Å²) in [6.45, 7) is 2.81. The molecule has 7 heteroatoms. The molecule has 0 amide bonds. The Bertz CT molecular complexity index is 887. The number of nitrogens with one attached hydrogen (secondary N) is 1. The number of hydrogen-bond acceptors (Lipinski definition) is 4. The lowest BCUT2D eigenvalue weighted by atomic mass is 10.1. The summed E-state index contributed by atoms with van der Waals surface area (Å²) in [7, 11) is -3.50. The van der Waals surface area contributed by atoms with Crippen molar-refractivity contribution in [2.45, 2.75) is 24.9 Å². The van der Waals surface area contributed by atoms with E-state index in [1.807, 2.05) is 31.2 Å². The van der Waals surface area contributed by atoms with Gasteiger partial charge in [-0.05, 0) is 30.2 Å². The minimum atomic E-state index is -3.50. The molecule has 24 heavy (non-hydrogen) atoms. The molecular formula is C17H18N4O2S. The van der Waals surface area contributed by atoms with Gasteiger partial charge in [0.25, 0.3) is 0 Å². The maximum atomic E-state index is 12.3. The Labute approximate surface area is 141 Å². The first-order valence-electron chi connectivity index (χ1n) is 7.49. The summed E-state index contributed by atoms with van der Waals surface area (Å²) in [4.78, 5) is 4.18. The van der Waals surface area contributed by atoms with Gasteiger partial charge in [0.05, 0.1) is 11.4 Å². The van der Waals surface area contributed by atoms with Gasteiger partial charge in [0.15, 0.2) is 0 Å². The normalized spacial score (nSPS) is 11.5. The minimum Gasteiger partial charge on any atom is -0.249 e. The van der Waals surface area contributed by atoms with Gasteiger partial charge in [-0.3, -0.25) is 0 Å². The predicted octanol–water partition coefficient (Wildman–Crippen LogP) is 2.11. The molecule has 0 unspecified atom stereocenters. The third-order valence-electron chi connectivity index (χ3n) is 3.63. The van der Waals surface area contributed by atoms with Crippen molar-refractivity contribution in [3.63, 3.8) is 0 Å². The number of rotatable bonds is 6. The Kier molecular flexibility index (Phi) is 4.73. The van der Waals surface area contributed by atoms with Crippen LogP contribution in [0.25, 0.3) is 0 Å². The number of aromatic nitrogens is 3. The van der Waals surface area contributed by atoms with Gasteiger partial charge in [-0.15, -0.1) is 0 Å². The molecule has 0 fully saturated rings. The van der Waals surface area contributed by atoms with E-state index < -0.39 is 10.0 Å². The van der Waals surface area contributed by atoms with E-state index in [0.29, 0.717) is 6.54 Å². The van der Waals surface area contributed by atoms with Crippen molar-refractivity contribution in [2.75, 3.05) is 0 Å². The number of nitrogens with zero attached hydrogens (tertiary/aromatic N) is 3. The predicted molar refractivity (Wildman–Crippen MR) is 90.8 cm³/mol. The molecule has 0 spiro atoms. The van der Waals surface area contributed by atoms with Crippen molar-refractivity contribution < 1.29 is 8.42 Å². The lowest BCUT2D eigenvalue weighted by Crippen LogP contribution is -2.23. The summed E-state index contributed by atoms with van der Waals surface area (Å²) in [5.41, 5.74) is 3.00. The SMILES string of the molecule is Cc1ccc(S(=O)(=O)NCc2ccc(Cn3cncn3)cc2)cc1. The summed E-state index contributed by atoms with van der Waals surface area (Å²) in [6, 6.07) is 14.5. The van der Waals surface area contributed by atoms with Gasteiger partial charge in [-0.2, -0.15) is 5.10 Å². The zero-order valence-corrected chi connectivity index (χ0v) is 14.1. The summed E-state index contributed by atoms with van der Waals surface area (Å²) < 4.78 is 28.9. The monoisotopic (exact) mass is 342 g/mol. The largest absolute Gasteiger partial charge is 0.249 e. The fourth-order valence-electron chi connectivity index (χ4n) is 2.24. The first-order valence-corrected chi connectivity index (χ1v) is 8.98. The summed E-state index contributed by atoms with van der Waals surface area (Å²) >= 11 is 0. The minimum absolute atomic E-state index is 0.250. The van der Waals surface area contributed by atoms with Crippen molar-refractivity contribution in [3.8, 4) is 0 Å². The Morgan fingerprint density at radius 2 is 1.67 bits per heavy atom. The van der Waals surface area contributed by atoms with Gasteiger partial charge in [0, 0.05) is 6.54 Å². The quantitative estimate of drug-likeness (QED) is 0.744. The first-order chi connectivity index (χ1) is 11.5. The number of sulfonamides is 1. The van der Waals surface area contributed by atoms with Gasteiger partial charge < -0.3 is 0 Å². The highest BCUT2D eigenvalue weighted by atomic mass is 32.2. The highest BCUT2D eigenvalue weighted by molar-refractivity contribution is 7.89. The van der Waals surface area contributed by atoms with E-state index in [2.05, 4.69) is 14.8 Å². The maximum absolute atomic E-state index is 12.3. The van der Waals surface area contributed by atoms with Crippen molar-refractivity contribution >= 4 is 10.0 Å².